The number of aliphatic imine (C=N–C) groups is 1. The summed E-state index contributed by atoms with van der Waals surface area (Å²) in [6, 6.07) is 0. The first-order valence-electron chi connectivity index (χ1n) is 10.3. The summed E-state index contributed by atoms with van der Waals surface area (Å²) in [5.41, 5.74) is 0. The highest BCUT2D eigenvalue weighted by Crippen LogP contribution is 2.21. The lowest BCUT2D eigenvalue weighted by molar-refractivity contribution is -0.0817. The van der Waals surface area contributed by atoms with E-state index in [-0.39, 0.29) is 36.2 Å². The Labute approximate surface area is 176 Å². The predicted molar refractivity (Wildman–Crippen MR) is 117 cm³/mol. The molecule has 3 fully saturated rings. The molecule has 3 rings (SSSR count). The predicted octanol–water partition coefficient (Wildman–Crippen LogP) is 2.18. The molecule has 0 aromatic heterocycles. The van der Waals surface area contributed by atoms with Crippen molar-refractivity contribution in [2.24, 2.45) is 10.9 Å². The molecule has 0 aromatic carbocycles. The van der Waals surface area contributed by atoms with E-state index in [1.165, 1.54) is 25.9 Å². The summed E-state index contributed by atoms with van der Waals surface area (Å²) in [4.78, 5) is 9.93. The minimum atomic E-state index is 0. The van der Waals surface area contributed by atoms with E-state index in [1.807, 2.05) is 0 Å². The van der Waals surface area contributed by atoms with Gasteiger partial charge in [-0.1, -0.05) is 6.92 Å². The van der Waals surface area contributed by atoms with Crippen LogP contribution in [0, 0.1) is 5.92 Å². The fourth-order valence-electron chi connectivity index (χ4n) is 4.22. The van der Waals surface area contributed by atoms with Crippen LogP contribution < -0.4 is 5.32 Å². The minimum Gasteiger partial charge on any atom is -0.375 e. The van der Waals surface area contributed by atoms with E-state index in [9.17, 15) is 0 Å². The molecule has 0 aromatic rings. The molecular formula is C19H37IN4O2. The molecule has 3 aliphatic heterocycles. The van der Waals surface area contributed by atoms with Crippen LogP contribution in [0.1, 0.15) is 39.5 Å². The standard InChI is InChI=1S/C19H36N4O2.HI/c1-3-20-19(21-13-16-7-5-9-22(4-2)14-16)23-10-12-25-18(15-23)17-8-6-11-24-17;/h16-18H,3-15H2,1-2H3,(H,20,21);1H. The third-order valence-corrected chi connectivity index (χ3v) is 5.66. The molecule has 0 saturated carbocycles. The number of nitrogens with one attached hydrogen (secondary N) is 1. The number of likely N-dealkylation sites (tertiary alicyclic amines) is 1. The van der Waals surface area contributed by atoms with E-state index < -0.39 is 0 Å². The van der Waals surface area contributed by atoms with Gasteiger partial charge in [-0.3, -0.25) is 4.99 Å². The van der Waals surface area contributed by atoms with Crippen molar-refractivity contribution in [3.05, 3.63) is 0 Å². The molecule has 3 heterocycles. The molecule has 0 bridgehead atoms. The van der Waals surface area contributed by atoms with Gasteiger partial charge in [0.15, 0.2) is 5.96 Å². The number of morpholine rings is 1. The van der Waals surface area contributed by atoms with Crippen LogP contribution in [0.5, 0.6) is 0 Å². The monoisotopic (exact) mass is 480 g/mol. The number of piperidine rings is 1. The first-order valence-corrected chi connectivity index (χ1v) is 10.3. The molecule has 26 heavy (non-hydrogen) atoms. The Kier molecular flexibility index (Phi) is 9.94. The van der Waals surface area contributed by atoms with Gasteiger partial charge >= 0.3 is 0 Å². The summed E-state index contributed by atoms with van der Waals surface area (Å²) in [5.74, 6) is 1.75. The van der Waals surface area contributed by atoms with Crippen molar-refractivity contribution in [3.8, 4) is 0 Å². The second-order valence-corrected chi connectivity index (χ2v) is 7.50. The SMILES string of the molecule is CCNC(=NCC1CCCN(CC)C1)N1CCOC(C2CCCO2)C1.I. The van der Waals surface area contributed by atoms with Gasteiger partial charge in [-0.15, -0.1) is 24.0 Å². The molecule has 3 unspecified atom stereocenters. The summed E-state index contributed by atoms with van der Waals surface area (Å²) in [6.07, 6.45) is 5.35. The number of nitrogens with zero attached hydrogens (tertiary/aromatic N) is 3. The van der Waals surface area contributed by atoms with Crippen molar-refractivity contribution in [1.29, 1.82) is 0 Å². The lowest BCUT2D eigenvalue weighted by Crippen LogP contribution is -2.53. The molecule has 152 valence electrons. The third-order valence-electron chi connectivity index (χ3n) is 5.66. The lowest BCUT2D eigenvalue weighted by Gasteiger charge is -2.37. The highest BCUT2D eigenvalue weighted by Gasteiger charge is 2.32. The highest BCUT2D eigenvalue weighted by atomic mass is 127. The summed E-state index contributed by atoms with van der Waals surface area (Å²) < 4.78 is 11.8. The number of halogens is 1. The van der Waals surface area contributed by atoms with Crippen molar-refractivity contribution in [2.75, 3.05) is 59.0 Å². The van der Waals surface area contributed by atoms with Crippen LogP contribution in [-0.4, -0.2) is 87.0 Å². The summed E-state index contributed by atoms with van der Waals surface area (Å²) in [5, 5.41) is 3.49. The Morgan fingerprint density at radius 2 is 1.88 bits per heavy atom. The third kappa shape index (κ3) is 6.21. The molecular weight excluding hydrogens is 443 g/mol. The van der Waals surface area contributed by atoms with E-state index in [0.717, 1.165) is 64.7 Å². The minimum absolute atomic E-state index is 0. The Hall–Kier alpha value is -0.120. The molecule has 0 amide bonds. The van der Waals surface area contributed by atoms with Crippen LogP contribution >= 0.6 is 24.0 Å². The second-order valence-electron chi connectivity index (χ2n) is 7.50. The maximum absolute atomic E-state index is 5.99. The van der Waals surface area contributed by atoms with Crippen LogP contribution in [0.25, 0.3) is 0 Å². The zero-order valence-corrected chi connectivity index (χ0v) is 18.8. The second kappa shape index (κ2) is 11.7. The largest absolute Gasteiger partial charge is 0.375 e. The van der Waals surface area contributed by atoms with Crippen molar-refractivity contribution in [3.63, 3.8) is 0 Å². The van der Waals surface area contributed by atoms with Gasteiger partial charge in [0.2, 0.25) is 0 Å². The fourth-order valence-corrected chi connectivity index (χ4v) is 4.22. The number of guanidine groups is 1. The Morgan fingerprint density at radius 3 is 2.62 bits per heavy atom. The van der Waals surface area contributed by atoms with Crippen LogP contribution in [0.15, 0.2) is 4.99 Å². The Morgan fingerprint density at radius 1 is 1.04 bits per heavy atom. The highest BCUT2D eigenvalue weighted by molar-refractivity contribution is 14.0. The Balaban J connectivity index is 0.00000243. The van der Waals surface area contributed by atoms with Crippen molar-refractivity contribution in [1.82, 2.24) is 15.1 Å². The zero-order chi connectivity index (χ0) is 17.5. The normalized spacial score (nSPS) is 30.9. The Bertz CT molecular complexity index is 432. The molecule has 1 N–H and O–H groups in total. The summed E-state index contributed by atoms with van der Waals surface area (Å²) in [6.45, 7) is 13.3. The maximum atomic E-state index is 5.99. The molecule has 0 aliphatic carbocycles. The molecule has 3 saturated heterocycles. The number of ether oxygens (including phenoxy) is 2. The van der Waals surface area contributed by atoms with Gasteiger partial charge in [-0.25, -0.2) is 0 Å². The molecule has 7 heteroatoms. The van der Waals surface area contributed by atoms with E-state index >= 15 is 0 Å². The van der Waals surface area contributed by atoms with E-state index in [4.69, 9.17) is 14.5 Å². The van der Waals surface area contributed by atoms with Crippen LogP contribution in [0.2, 0.25) is 0 Å². The number of hydrogen-bond donors (Lipinski definition) is 1. The topological polar surface area (TPSA) is 49.3 Å². The molecule has 3 atom stereocenters. The lowest BCUT2D eigenvalue weighted by atomic mass is 9.98. The van der Waals surface area contributed by atoms with Gasteiger partial charge in [0.1, 0.15) is 6.10 Å². The van der Waals surface area contributed by atoms with Gasteiger partial charge in [0, 0.05) is 39.3 Å². The molecule has 0 spiro atoms. The molecule has 6 nitrogen and oxygen atoms in total. The first-order chi connectivity index (χ1) is 12.3. The average molecular weight is 480 g/mol. The van der Waals surface area contributed by atoms with Gasteiger partial charge < -0.3 is 24.6 Å². The molecule has 0 radical (unpaired) electrons. The summed E-state index contributed by atoms with van der Waals surface area (Å²) >= 11 is 0. The van der Waals surface area contributed by atoms with E-state index in [1.54, 1.807) is 0 Å². The van der Waals surface area contributed by atoms with E-state index in [2.05, 4.69) is 29.0 Å². The van der Waals surface area contributed by atoms with Gasteiger partial charge in [0.05, 0.1) is 12.7 Å². The van der Waals surface area contributed by atoms with Crippen LogP contribution in [-0.2, 0) is 9.47 Å². The number of hydrogen-bond acceptors (Lipinski definition) is 4. The fraction of sp³-hybridized carbons (Fsp3) is 0.947. The van der Waals surface area contributed by atoms with E-state index in [0.29, 0.717) is 5.92 Å². The maximum Gasteiger partial charge on any atom is 0.194 e. The number of rotatable bonds is 5. The zero-order valence-electron chi connectivity index (χ0n) is 16.5. The average Bonchev–Trinajstić information content (AvgIpc) is 3.20. The van der Waals surface area contributed by atoms with Crippen molar-refractivity contribution in [2.45, 2.75) is 51.7 Å². The van der Waals surface area contributed by atoms with Gasteiger partial charge in [-0.05, 0) is 51.6 Å². The van der Waals surface area contributed by atoms with Crippen LogP contribution in [0.4, 0.5) is 0 Å². The van der Waals surface area contributed by atoms with Gasteiger partial charge in [0.25, 0.3) is 0 Å². The quantitative estimate of drug-likeness (QED) is 0.372. The van der Waals surface area contributed by atoms with Crippen molar-refractivity contribution >= 4 is 29.9 Å². The van der Waals surface area contributed by atoms with Crippen molar-refractivity contribution < 1.29 is 9.47 Å². The molecule has 3 aliphatic rings. The summed E-state index contributed by atoms with van der Waals surface area (Å²) in [7, 11) is 0. The smallest absolute Gasteiger partial charge is 0.194 e. The van der Waals surface area contributed by atoms with Crippen LogP contribution in [0.3, 0.4) is 0 Å². The first kappa shape index (κ1) is 22.2. The van der Waals surface area contributed by atoms with Gasteiger partial charge in [-0.2, -0.15) is 0 Å².